The molecule has 4 aromatic rings. The zero-order valence-corrected chi connectivity index (χ0v) is 16.0. The molecular formula is C23H20N4O2. The van der Waals surface area contributed by atoms with Crippen molar-refractivity contribution in [3.8, 4) is 16.9 Å². The quantitative estimate of drug-likeness (QED) is 0.580. The molecule has 0 radical (unpaired) electrons. The highest BCUT2D eigenvalue weighted by molar-refractivity contribution is 5.95. The summed E-state index contributed by atoms with van der Waals surface area (Å²) in [6.07, 6.45) is 3.42. The summed E-state index contributed by atoms with van der Waals surface area (Å²) >= 11 is 0. The minimum absolute atomic E-state index is 0.0469. The summed E-state index contributed by atoms with van der Waals surface area (Å²) in [5.74, 6) is 1.97. The lowest BCUT2D eigenvalue weighted by molar-refractivity contribution is 0.0596. The van der Waals surface area contributed by atoms with Crippen molar-refractivity contribution in [2.24, 2.45) is 0 Å². The van der Waals surface area contributed by atoms with E-state index in [1.807, 2.05) is 59.5 Å². The molecule has 5 rings (SSSR count). The van der Waals surface area contributed by atoms with E-state index < -0.39 is 0 Å². The largest absolute Gasteiger partial charge is 0.494 e. The van der Waals surface area contributed by atoms with Crippen molar-refractivity contribution in [2.75, 3.05) is 20.2 Å². The van der Waals surface area contributed by atoms with Crippen LogP contribution in [0.25, 0.3) is 22.2 Å². The lowest BCUT2D eigenvalue weighted by Crippen LogP contribution is -2.48. The fraction of sp³-hybridized carbons (Fsp3) is 0.174. The molecule has 1 amide bonds. The Morgan fingerprint density at radius 1 is 1.10 bits per heavy atom. The number of amides is 1. The van der Waals surface area contributed by atoms with Crippen molar-refractivity contribution in [3.05, 3.63) is 78.4 Å². The van der Waals surface area contributed by atoms with Crippen LogP contribution in [-0.4, -0.2) is 46.0 Å². The van der Waals surface area contributed by atoms with E-state index in [0.29, 0.717) is 24.4 Å². The molecule has 1 fully saturated rings. The molecule has 0 atom stereocenters. The Labute approximate surface area is 168 Å². The number of H-pyrrole nitrogens is 1. The van der Waals surface area contributed by atoms with Crippen LogP contribution >= 0.6 is 0 Å². The number of hydrogen-bond acceptors (Lipinski definition) is 4. The van der Waals surface area contributed by atoms with Crippen molar-refractivity contribution < 1.29 is 9.53 Å². The Kier molecular flexibility index (Phi) is 4.24. The van der Waals surface area contributed by atoms with Gasteiger partial charge in [0.15, 0.2) is 0 Å². The molecule has 3 heterocycles. The first-order valence-corrected chi connectivity index (χ1v) is 9.55. The van der Waals surface area contributed by atoms with Crippen molar-refractivity contribution >= 4 is 16.9 Å². The van der Waals surface area contributed by atoms with E-state index in [2.05, 4.69) is 15.0 Å². The lowest BCUT2D eigenvalue weighted by Gasteiger charge is -2.38. The predicted molar refractivity (Wildman–Crippen MR) is 111 cm³/mol. The van der Waals surface area contributed by atoms with E-state index in [-0.39, 0.29) is 11.8 Å². The molecule has 1 aliphatic rings. The van der Waals surface area contributed by atoms with Gasteiger partial charge in [-0.3, -0.25) is 9.78 Å². The van der Waals surface area contributed by atoms with Crippen LogP contribution in [0.3, 0.4) is 0 Å². The van der Waals surface area contributed by atoms with Crippen LogP contribution in [0.5, 0.6) is 5.75 Å². The molecule has 0 bridgehead atoms. The first kappa shape index (κ1) is 17.4. The minimum atomic E-state index is 0.0469. The number of aromatic nitrogens is 3. The van der Waals surface area contributed by atoms with E-state index in [1.54, 1.807) is 19.5 Å². The van der Waals surface area contributed by atoms with E-state index in [0.717, 1.165) is 28.0 Å². The topological polar surface area (TPSA) is 71.1 Å². The molecule has 6 heteroatoms. The van der Waals surface area contributed by atoms with Gasteiger partial charge in [-0.15, -0.1) is 0 Å². The third-order valence-electron chi connectivity index (χ3n) is 5.41. The number of para-hydroxylation sites is 2. The Hall–Kier alpha value is -3.67. The van der Waals surface area contributed by atoms with E-state index in [4.69, 9.17) is 4.74 Å². The second-order valence-corrected chi connectivity index (χ2v) is 7.20. The number of methoxy groups -OCH3 is 1. The van der Waals surface area contributed by atoms with Gasteiger partial charge in [-0.1, -0.05) is 24.3 Å². The Morgan fingerprint density at radius 2 is 1.90 bits per heavy atom. The molecule has 29 heavy (non-hydrogen) atoms. The first-order valence-electron chi connectivity index (χ1n) is 9.55. The van der Waals surface area contributed by atoms with Crippen LogP contribution in [-0.2, 0) is 0 Å². The average Bonchev–Trinajstić information content (AvgIpc) is 3.16. The smallest absolute Gasteiger partial charge is 0.253 e. The molecule has 1 saturated heterocycles. The monoisotopic (exact) mass is 384 g/mol. The summed E-state index contributed by atoms with van der Waals surface area (Å²) in [6.45, 7) is 1.36. The van der Waals surface area contributed by atoms with E-state index in [1.165, 1.54) is 0 Å². The summed E-state index contributed by atoms with van der Waals surface area (Å²) in [5.41, 5.74) is 4.63. The zero-order valence-electron chi connectivity index (χ0n) is 16.0. The minimum Gasteiger partial charge on any atom is -0.494 e. The van der Waals surface area contributed by atoms with Gasteiger partial charge in [0, 0.05) is 30.4 Å². The Balaban J connectivity index is 1.28. The fourth-order valence-electron chi connectivity index (χ4n) is 3.74. The highest BCUT2D eigenvalue weighted by Gasteiger charge is 2.34. The number of fused-ring (bicyclic) bond motifs is 1. The van der Waals surface area contributed by atoms with Gasteiger partial charge in [-0.25, -0.2) is 4.98 Å². The average molecular weight is 384 g/mol. The van der Waals surface area contributed by atoms with Crippen LogP contribution in [0.1, 0.15) is 22.1 Å². The standard InChI is InChI=1S/C23H20N4O2/c1-29-21-12-24-11-10-18(21)15-6-8-16(9-7-15)23(28)27-13-17(14-27)22-25-19-4-2-3-5-20(19)26-22/h2-12,17H,13-14H2,1H3,(H,25,26). The lowest BCUT2D eigenvalue weighted by atomic mass is 9.97. The van der Waals surface area contributed by atoms with Gasteiger partial charge in [0.1, 0.15) is 11.6 Å². The number of ether oxygens (including phenoxy) is 1. The second-order valence-electron chi connectivity index (χ2n) is 7.20. The van der Waals surface area contributed by atoms with E-state index >= 15 is 0 Å². The number of hydrogen-bond donors (Lipinski definition) is 1. The third-order valence-corrected chi connectivity index (χ3v) is 5.41. The highest BCUT2D eigenvalue weighted by Crippen LogP contribution is 2.31. The van der Waals surface area contributed by atoms with Gasteiger partial charge in [0.05, 0.1) is 30.3 Å². The third kappa shape index (κ3) is 3.12. The van der Waals surface area contributed by atoms with Crippen LogP contribution in [0.15, 0.2) is 67.0 Å². The van der Waals surface area contributed by atoms with E-state index in [9.17, 15) is 4.79 Å². The molecule has 0 saturated carbocycles. The molecule has 2 aromatic carbocycles. The SMILES string of the molecule is COc1cnccc1-c1ccc(C(=O)N2CC(c3nc4ccccc4[nH]3)C2)cc1. The zero-order chi connectivity index (χ0) is 19.8. The Morgan fingerprint density at radius 3 is 2.66 bits per heavy atom. The Bertz CT molecular complexity index is 1140. The summed E-state index contributed by atoms with van der Waals surface area (Å²) in [7, 11) is 1.63. The van der Waals surface area contributed by atoms with Gasteiger partial charge in [0.25, 0.3) is 5.91 Å². The molecule has 1 aliphatic heterocycles. The maximum absolute atomic E-state index is 12.8. The van der Waals surface area contributed by atoms with Crippen LogP contribution in [0.4, 0.5) is 0 Å². The van der Waals surface area contributed by atoms with Crippen molar-refractivity contribution in [3.63, 3.8) is 0 Å². The summed E-state index contributed by atoms with van der Waals surface area (Å²) < 4.78 is 5.37. The maximum atomic E-state index is 12.8. The van der Waals surface area contributed by atoms with Gasteiger partial charge in [-0.05, 0) is 35.9 Å². The molecule has 144 valence electrons. The van der Waals surface area contributed by atoms with Gasteiger partial charge < -0.3 is 14.6 Å². The molecular weight excluding hydrogens is 364 g/mol. The number of carbonyl (C=O) groups excluding carboxylic acids is 1. The van der Waals surface area contributed by atoms with Crippen LogP contribution < -0.4 is 4.74 Å². The molecule has 0 spiro atoms. The second kappa shape index (κ2) is 7.05. The molecule has 0 unspecified atom stereocenters. The number of likely N-dealkylation sites (tertiary alicyclic amines) is 1. The highest BCUT2D eigenvalue weighted by atomic mass is 16.5. The van der Waals surface area contributed by atoms with Crippen molar-refractivity contribution in [2.45, 2.75) is 5.92 Å². The van der Waals surface area contributed by atoms with Gasteiger partial charge >= 0.3 is 0 Å². The number of nitrogens with one attached hydrogen (secondary N) is 1. The van der Waals surface area contributed by atoms with Gasteiger partial charge in [-0.2, -0.15) is 0 Å². The van der Waals surface area contributed by atoms with Crippen LogP contribution in [0.2, 0.25) is 0 Å². The fourth-order valence-corrected chi connectivity index (χ4v) is 3.74. The van der Waals surface area contributed by atoms with Crippen molar-refractivity contribution in [1.82, 2.24) is 19.9 Å². The summed E-state index contributed by atoms with van der Waals surface area (Å²) in [4.78, 5) is 26.8. The van der Waals surface area contributed by atoms with Crippen molar-refractivity contribution in [1.29, 1.82) is 0 Å². The molecule has 1 N–H and O–H groups in total. The molecule has 0 aliphatic carbocycles. The van der Waals surface area contributed by atoms with Crippen LogP contribution in [0, 0.1) is 0 Å². The summed E-state index contributed by atoms with van der Waals surface area (Å²) in [6, 6.07) is 17.5. The number of imidazole rings is 1. The van der Waals surface area contributed by atoms with Gasteiger partial charge in [0.2, 0.25) is 0 Å². The number of rotatable bonds is 4. The predicted octanol–water partition coefficient (Wildman–Crippen LogP) is 3.87. The molecule has 2 aromatic heterocycles. The number of aromatic amines is 1. The first-order chi connectivity index (χ1) is 14.2. The maximum Gasteiger partial charge on any atom is 0.253 e. The number of nitrogens with zero attached hydrogens (tertiary/aromatic N) is 3. The number of benzene rings is 2. The molecule has 6 nitrogen and oxygen atoms in total. The normalized spacial score (nSPS) is 14.0. The number of carbonyl (C=O) groups is 1. The number of pyridine rings is 1. The summed E-state index contributed by atoms with van der Waals surface area (Å²) in [5, 5.41) is 0.